The highest BCUT2D eigenvalue weighted by molar-refractivity contribution is 5.88. The maximum atomic E-state index is 15.0. The van der Waals surface area contributed by atoms with Crippen molar-refractivity contribution in [3.05, 3.63) is 21.8 Å². The molecule has 0 aromatic heterocycles. The third kappa shape index (κ3) is 9.62. The van der Waals surface area contributed by atoms with Crippen LogP contribution in [0.2, 0.25) is 0 Å². The van der Waals surface area contributed by atoms with Crippen LogP contribution in [-0.4, -0.2) is 197 Å². The molecule has 396 valence electrons. The van der Waals surface area contributed by atoms with Crippen LogP contribution in [0.5, 0.6) is 0 Å². The van der Waals surface area contributed by atoms with Crippen molar-refractivity contribution in [1.82, 2.24) is 0 Å². The minimum Gasteiger partial charge on any atom is -0.394 e. The van der Waals surface area contributed by atoms with Crippen LogP contribution in [0.25, 0.3) is 0 Å². The number of aliphatic hydroxyl groups is 11. The van der Waals surface area contributed by atoms with Crippen molar-refractivity contribution in [2.45, 2.75) is 217 Å². The molecule has 4 aliphatic carbocycles. The van der Waals surface area contributed by atoms with Crippen molar-refractivity contribution < 1.29 is 94.3 Å². The van der Waals surface area contributed by atoms with Gasteiger partial charge < -0.3 is 84.6 Å². The Kier molecular flexibility index (Phi) is 16.0. The lowest BCUT2D eigenvalue weighted by molar-refractivity contribution is -0.502. The third-order valence-electron chi connectivity index (χ3n) is 18.6. The lowest BCUT2D eigenvalue weighted by Gasteiger charge is -2.65. The average Bonchev–Trinajstić information content (AvgIpc) is 3.55. The van der Waals surface area contributed by atoms with Crippen LogP contribution in [-0.2, 0) is 33.2 Å². The number of allylic oxidation sites excluding steroid dienone is 1. The topological polar surface area (TPSA) is 338 Å². The SMILES string of the molecule is C[C@H](CC[C@@H](O[C@@H]1O[C@H](CO[C@@H]2O[C@H](C[N+](=O)[O-])[C@@H](O)[C@H](O)[C@H]2O)[C@@H](O)[C@H](O)[C@H]1O)C(C)(C)O)C1CC[C@@]2(C)C3CC=C4C(CC[C@H](O[C@@H]5OC(CO)[C@@H](O)[C@H](O)[C@H]5O)C4(C)C)[C@]3(C)C(=O)C[C@]12C. The number of hydrogen-bond acceptors (Lipinski definition) is 20. The molecule has 0 spiro atoms. The van der Waals surface area contributed by atoms with Gasteiger partial charge in [0.05, 0.1) is 31.0 Å². The van der Waals surface area contributed by atoms with E-state index in [1.165, 1.54) is 0 Å². The summed E-state index contributed by atoms with van der Waals surface area (Å²) in [4.78, 5) is 25.4. The predicted molar refractivity (Wildman–Crippen MR) is 239 cm³/mol. The number of aliphatic hydroxyl groups excluding tert-OH is 10. The predicted octanol–water partition coefficient (Wildman–Crippen LogP) is -0.563. The molecular weight excluding hydrogens is 911 g/mol. The average molecular weight is 990 g/mol. The lowest BCUT2D eigenvalue weighted by atomic mass is 9.38. The molecule has 7 aliphatic rings. The molecule has 0 aromatic carbocycles. The van der Waals surface area contributed by atoms with E-state index in [9.17, 15) is 66.3 Å². The fourth-order valence-electron chi connectivity index (χ4n) is 14.0. The number of nitro groups is 1. The number of ether oxygens (including phenoxy) is 6. The summed E-state index contributed by atoms with van der Waals surface area (Å²) in [6.45, 7) is 14.0. The minimum atomic E-state index is -1.86. The van der Waals surface area contributed by atoms with E-state index in [0.29, 0.717) is 32.1 Å². The number of carbonyl (C=O) groups is 1. The van der Waals surface area contributed by atoms with Gasteiger partial charge in [-0.1, -0.05) is 53.2 Å². The van der Waals surface area contributed by atoms with Crippen LogP contribution in [0.1, 0.15) is 107 Å². The lowest BCUT2D eigenvalue weighted by Crippen LogP contribution is -2.64. The van der Waals surface area contributed by atoms with E-state index in [2.05, 4.69) is 47.6 Å². The van der Waals surface area contributed by atoms with Gasteiger partial charge in [0, 0.05) is 22.2 Å². The van der Waals surface area contributed by atoms with E-state index in [-0.39, 0.29) is 46.7 Å². The van der Waals surface area contributed by atoms with Crippen LogP contribution in [0.4, 0.5) is 0 Å². The van der Waals surface area contributed by atoms with Crippen molar-refractivity contribution in [2.24, 2.45) is 45.3 Å². The number of ketones is 1. The molecule has 4 unspecified atom stereocenters. The Morgan fingerprint density at radius 2 is 1.33 bits per heavy atom. The first-order valence-electron chi connectivity index (χ1n) is 24.7. The molecule has 3 saturated carbocycles. The Hall–Kier alpha value is -1.87. The molecule has 0 radical (unpaired) electrons. The highest BCUT2D eigenvalue weighted by Gasteiger charge is 2.70. The van der Waals surface area contributed by atoms with Gasteiger partial charge in [0.1, 0.15) is 72.9 Å². The highest BCUT2D eigenvalue weighted by Crippen LogP contribution is 2.74. The summed E-state index contributed by atoms with van der Waals surface area (Å²) < 4.78 is 35.1. The van der Waals surface area contributed by atoms with E-state index < -0.39 is 145 Å². The largest absolute Gasteiger partial charge is 0.394 e. The zero-order valence-electron chi connectivity index (χ0n) is 41.0. The van der Waals surface area contributed by atoms with Gasteiger partial charge in [0.15, 0.2) is 25.0 Å². The molecular formula is C48H79NO20. The maximum Gasteiger partial charge on any atom is 0.232 e. The van der Waals surface area contributed by atoms with E-state index in [0.717, 1.165) is 18.4 Å². The monoisotopic (exact) mass is 990 g/mol. The van der Waals surface area contributed by atoms with Gasteiger partial charge in [0.25, 0.3) is 0 Å². The van der Waals surface area contributed by atoms with Gasteiger partial charge in [-0.25, -0.2) is 0 Å². The molecule has 3 heterocycles. The first-order valence-corrected chi connectivity index (χ1v) is 24.7. The molecule has 3 saturated heterocycles. The Morgan fingerprint density at radius 1 is 0.768 bits per heavy atom. The minimum absolute atomic E-state index is 0.0455. The van der Waals surface area contributed by atoms with E-state index in [4.69, 9.17) is 28.4 Å². The molecule has 24 atom stereocenters. The summed E-state index contributed by atoms with van der Waals surface area (Å²) >= 11 is 0. The van der Waals surface area contributed by atoms with Gasteiger partial charge >= 0.3 is 0 Å². The number of carbonyl (C=O) groups excluding carboxylic acids is 1. The third-order valence-corrected chi connectivity index (χ3v) is 18.6. The highest BCUT2D eigenvalue weighted by atomic mass is 16.7. The molecule has 0 aromatic rings. The van der Waals surface area contributed by atoms with E-state index >= 15 is 4.79 Å². The number of fused-ring (bicyclic) bond motifs is 5. The smallest absolute Gasteiger partial charge is 0.232 e. The van der Waals surface area contributed by atoms with Gasteiger partial charge in [-0.3, -0.25) is 14.9 Å². The molecule has 0 bridgehead atoms. The van der Waals surface area contributed by atoms with Crippen LogP contribution in [0.15, 0.2) is 11.6 Å². The molecule has 21 heteroatoms. The van der Waals surface area contributed by atoms with Gasteiger partial charge in [-0.05, 0) is 93.3 Å². The van der Waals surface area contributed by atoms with Crippen LogP contribution in [0.3, 0.4) is 0 Å². The Labute approximate surface area is 402 Å². The van der Waals surface area contributed by atoms with Crippen LogP contribution < -0.4 is 0 Å². The van der Waals surface area contributed by atoms with Crippen LogP contribution >= 0.6 is 0 Å². The molecule has 11 N–H and O–H groups in total. The number of nitrogens with zero attached hydrogens (tertiary/aromatic N) is 1. The first kappa shape index (κ1) is 54.9. The molecule has 3 aliphatic heterocycles. The Balaban J connectivity index is 1.01. The van der Waals surface area contributed by atoms with E-state index in [1.54, 1.807) is 13.8 Å². The van der Waals surface area contributed by atoms with Crippen molar-refractivity contribution in [3.63, 3.8) is 0 Å². The van der Waals surface area contributed by atoms with Crippen molar-refractivity contribution in [3.8, 4) is 0 Å². The fraction of sp³-hybridized carbons (Fsp3) is 0.938. The second-order valence-corrected chi connectivity index (χ2v) is 23.2. The normalized spacial score (nSPS) is 48.7. The van der Waals surface area contributed by atoms with Crippen molar-refractivity contribution in [2.75, 3.05) is 19.8 Å². The van der Waals surface area contributed by atoms with Gasteiger partial charge in [0.2, 0.25) is 6.54 Å². The standard InChI is InChI=1S/C48H79NO20/c1-21(9-13-31(45(4,5)61)69-43-40(60)37(57)34(54)27(67-43)20-64-41-38(58)35(55)32(52)25(65-41)18-49(62)63)22-15-16-46(6)28-12-10-23-24(48(28,8)29(51)17-47(22,46)7)11-14-30(44(23,2)3)68-42-39(59)36(56)33(53)26(19-50)66-42/h10,21-22,24-28,30-43,50,52-61H,9,11-20H2,1-8H3/t21-,22?,24?,25-,26?,27-,28?,30+,31-,32-,33-,34-,35+,36+,37+,38-,39-,40-,41-,42+,43+,46+,47-,48+/m1/s1. The summed E-state index contributed by atoms with van der Waals surface area (Å²) in [5, 5.41) is 128. The number of hydrogen-bond donors (Lipinski definition) is 11. The fourth-order valence-corrected chi connectivity index (χ4v) is 14.0. The summed E-state index contributed by atoms with van der Waals surface area (Å²) in [7, 11) is 0. The summed E-state index contributed by atoms with van der Waals surface area (Å²) in [6, 6.07) is 0. The quantitative estimate of drug-likeness (QED) is 0.0556. The van der Waals surface area contributed by atoms with Crippen LogP contribution in [0, 0.1) is 55.4 Å². The first-order chi connectivity index (χ1) is 32.0. The molecule has 0 amide bonds. The van der Waals surface area contributed by atoms with E-state index in [1.807, 2.05) is 0 Å². The molecule has 7 rings (SSSR count). The second-order valence-electron chi connectivity index (χ2n) is 23.2. The molecule has 6 fully saturated rings. The molecule has 69 heavy (non-hydrogen) atoms. The van der Waals surface area contributed by atoms with Crippen molar-refractivity contribution in [1.29, 1.82) is 0 Å². The molecule has 21 nitrogen and oxygen atoms in total. The Bertz CT molecular complexity index is 1860. The summed E-state index contributed by atoms with van der Waals surface area (Å²) in [5.74, 6) is 0.387. The second kappa shape index (κ2) is 20.1. The maximum absolute atomic E-state index is 15.0. The zero-order chi connectivity index (χ0) is 51.1. The Morgan fingerprint density at radius 3 is 1.94 bits per heavy atom. The van der Waals surface area contributed by atoms with Gasteiger partial charge in [-0.2, -0.15) is 0 Å². The summed E-state index contributed by atoms with van der Waals surface area (Å²) in [5.41, 5.74) is -2.19. The number of Topliss-reactive ketones (excluding diaryl/α,β-unsaturated/α-hetero) is 1. The number of rotatable bonds is 15. The summed E-state index contributed by atoms with van der Waals surface area (Å²) in [6.07, 6.45) is -18.2. The van der Waals surface area contributed by atoms with Gasteiger partial charge in [-0.15, -0.1) is 0 Å². The van der Waals surface area contributed by atoms with Crippen molar-refractivity contribution >= 4 is 5.78 Å². The zero-order valence-corrected chi connectivity index (χ0v) is 41.0.